The highest BCUT2D eigenvalue weighted by molar-refractivity contribution is 7.20. The van der Waals surface area contributed by atoms with E-state index in [4.69, 9.17) is 10.5 Å². The van der Waals surface area contributed by atoms with Crippen LogP contribution in [0.2, 0.25) is 0 Å². The van der Waals surface area contributed by atoms with E-state index in [2.05, 4.69) is 0 Å². The van der Waals surface area contributed by atoms with Gasteiger partial charge >= 0.3 is 5.97 Å². The van der Waals surface area contributed by atoms with Crippen molar-refractivity contribution in [1.82, 2.24) is 0 Å². The summed E-state index contributed by atoms with van der Waals surface area (Å²) in [5, 5.41) is 1.02. The second kappa shape index (κ2) is 5.02. The van der Waals surface area contributed by atoms with E-state index in [9.17, 15) is 4.79 Å². The molecule has 2 aromatic rings. The van der Waals surface area contributed by atoms with Gasteiger partial charge in [0.05, 0.1) is 6.61 Å². The summed E-state index contributed by atoms with van der Waals surface area (Å²) in [7, 11) is 0. The largest absolute Gasteiger partial charge is 0.461 e. The highest BCUT2D eigenvalue weighted by atomic mass is 32.1. The Morgan fingerprint density at radius 1 is 1.29 bits per heavy atom. The summed E-state index contributed by atoms with van der Waals surface area (Å²) in [4.78, 5) is 12.9. The first kappa shape index (κ1) is 13.1. The Bertz CT molecular complexity index is 693. The van der Waals surface area contributed by atoms with Crippen molar-refractivity contribution < 1.29 is 9.53 Å². The number of rotatable bonds is 3. The summed E-state index contributed by atoms with van der Waals surface area (Å²) in [5.41, 5.74) is 6.50. The first-order valence-electron chi connectivity index (χ1n) is 7.65. The molecule has 0 aliphatic heterocycles. The number of hydrogen-bond acceptors (Lipinski definition) is 4. The average Bonchev–Trinajstić information content (AvgIpc) is 3.18. The number of anilines is 1. The van der Waals surface area contributed by atoms with Crippen molar-refractivity contribution in [3.63, 3.8) is 0 Å². The van der Waals surface area contributed by atoms with Crippen molar-refractivity contribution in [1.29, 1.82) is 0 Å². The summed E-state index contributed by atoms with van der Waals surface area (Å²) in [5.74, 6) is 2.10. The Kier molecular flexibility index (Phi) is 3.14. The van der Waals surface area contributed by atoms with Crippen LogP contribution in [0, 0.1) is 17.8 Å². The number of fused-ring (bicyclic) bond motifs is 3. The highest BCUT2D eigenvalue weighted by Gasteiger charge is 2.39. The SMILES string of the molecule is Nc1ccc2sc(C(=O)OCC3CC4CCC3C4)cc2c1. The molecule has 3 unspecified atom stereocenters. The van der Waals surface area contributed by atoms with E-state index in [0.717, 1.165) is 27.6 Å². The van der Waals surface area contributed by atoms with E-state index >= 15 is 0 Å². The lowest BCUT2D eigenvalue weighted by Crippen LogP contribution is -2.19. The van der Waals surface area contributed by atoms with Crippen LogP contribution in [0.5, 0.6) is 0 Å². The van der Waals surface area contributed by atoms with Crippen LogP contribution < -0.4 is 5.73 Å². The summed E-state index contributed by atoms with van der Waals surface area (Å²) >= 11 is 1.48. The van der Waals surface area contributed by atoms with E-state index in [1.54, 1.807) is 0 Å². The maximum Gasteiger partial charge on any atom is 0.348 e. The molecule has 0 saturated heterocycles. The van der Waals surface area contributed by atoms with Crippen LogP contribution in [0.25, 0.3) is 10.1 Å². The molecule has 3 nitrogen and oxygen atoms in total. The average molecular weight is 301 g/mol. The van der Waals surface area contributed by atoms with Gasteiger partial charge in [-0.2, -0.15) is 0 Å². The molecular weight excluding hydrogens is 282 g/mol. The molecule has 4 heteroatoms. The van der Waals surface area contributed by atoms with Gasteiger partial charge in [0.2, 0.25) is 0 Å². The number of hydrogen-bond donors (Lipinski definition) is 1. The molecular formula is C17H19NO2S. The zero-order valence-corrected chi connectivity index (χ0v) is 12.7. The lowest BCUT2D eigenvalue weighted by molar-refractivity contribution is 0.0400. The number of nitrogen functional groups attached to an aromatic ring is 1. The van der Waals surface area contributed by atoms with Crippen LogP contribution >= 0.6 is 11.3 Å². The molecule has 2 bridgehead atoms. The lowest BCUT2D eigenvalue weighted by Gasteiger charge is -2.20. The third-order valence-electron chi connectivity index (χ3n) is 5.05. The van der Waals surface area contributed by atoms with Gasteiger partial charge in [0, 0.05) is 10.4 Å². The molecule has 3 atom stereocenters. The Balaban J connectivity index is 1.44. The van der Waals surface area contributed by atoms with Gasteiger partial charge in [-0.1, -0.05) is 6.42 Å². The predicted octanol–water partition coefficient (Wildman–Crippen LogP) is 4.08. The molecule has 2 aliphatic carbocycles. The number of nitrogens with two attached hydrogens (primary N) is 1. The normalized spacial score (nSPS) is 27.3. The zero-order chi connectivity index (χ0) is 14.4. The number of benzene rings is 1. The molecule has 1 heterocycles. The maximum atomic E-state index is 12.2. The predicted molar refractivity (Wildman–Crippen MR) is 85.5 cm³/mol. The first-order chi connectivity index (χ1) is 10.2. The van der Waals surface area contributed by atoms with Gasteiger partial charge in [0.1, 0.15) is 4.88 Å². The minimum Gasteiger partial charge on any atom is -0.461 e. The summed E-state index contributed by atoms with van der Waals surface area (Å²) in [6, 6.07) is 7.61. The van der Waals surface area contributed by atoms with Crippen molar-refractivity contribution in [3.05, 3.63) is 29.1 Å². The smallest absolute Gasteiger partial charge is 0.348 e. The Labute approximate surface area is 128 Å². The highest BCUT2D eigenvalue weighted by Crippen LogP contribution is 2.48. The topological polar surface area (TPSA) is 52.3 Å². The number of thiophene rings is 1. The Hall–Kier alpha value is -1.55. The molecule has 4 rings (SSSR count). The number of ether oxygens (including phenoxy) is 1. The maximum absolute atomic E-state index is 12.2. The van der Waals surface area contributed by atoms with Crippen LogP contribution in [0.4, 0.5) is 5.69 Å². The third-order valence-corrected chi connectivity index (χ3v) is 6.15. The standard InChI is InChI=1S/C17H19NO2S/c18-14-3-4-15-12(7-14)8-16(21-15)17(19)20-9-13-6-10-1-2-11(13)5-10/h3-4,7-8,10-11,13H,1-2,5-6,9,18H2. The van der Waals surface area contributed by atoms with Crippen molar-refractivity contribution in [2.24, 2.45) is 17.8 Å². The molecule has 0 amide bonds. The molecule has 2 aliphatic rings. The van der Waals surface area contributed by atoms with Crippen LogP contribution in [-0.4, -0.2) is 12.6 Å². The lowest BCUT2D eigenvalue weighted by atomic mass is 9.90. The van der Waals surface area contributed by atoms with E-state index < -0.39 is 0 Å². The molecule has 2 saturated carbocycles. The van der Waals surface area contributed by atoms with E-state index in [1.807, 2.05) is 24.3 Å². The second-order valence-corrected chi connectivity index (χ2v) is 7.53. The van der Waals surface area contributed by atoms with Gasteiger partial charge in [0.15, 0.2) is 0 Å². The molecule has 1 aromatic carbocycles. The zero-order valence-electron chi connectivity index (χ0n) is 11.9. The second-order valence-electron chi connectivity index (χ2n) is 6.44. The van der Waals surface area contributed by atoms with Gasteiger partial charge in [0.25, 0.3) is 0 Å². The molecule has 21 heavy (non-hydrogen) atoms. The Morgan fingerprint density at radius 2 is 2.19 bits per heavy atom. The van der Waals surface area contributed by atoms with E-state index in [1.165, 1.54) is 37.0 Å². The fourth-order valence-electron chi connectivity index (χ4n) is 4.00. The minimum absolute atomic E-state index is 0.183. The van der Waals surface area contributed by atoms with Crippen LogP contribution in [0.1, 0.15) is 35.4 Å². The van der Waals surface area contributed by atoms with E-state index in [-0.39, 0.29) is 5.97 Å². The Morgan fingerprint density at radius 3 is 2.95 bits per heavy atom. The molecule has 2 N–H and O–H groups in total. The summed E-state index contributed by atoms with van der Waals surface area (Å²) < 4.78 is 6.64. The number of carbonyl (C=O) groups is 1. The van der Waals surface area contributed by atoms with Crippen LogP contribution in [-0.2, 0) is 4.74 Å². The summed E-state index contributed by atoms with van der Waals surface area (Å²) in [6.07, 6.45) is 5.31. The molecule has 110 valence electrons. The van der Waals surface area contributed by atoms with Crippen molar-refractivity contribution >= 4 is 33.1 Å². The van der Waals surface area contributed by atoms with Gasteiger partial charge in [-0.3, -0.25) is 0 Å². The fraction of sp³-hybridized carbons (Fsp3) is 0.471. The monoisotopic (exact) mass is 301 g/mol. The first-order valence-corrected chi connectivity index (χ1v) is 8.47. The molecule has 1 aromatic heterocycles. The van der Waals surface area contributed by atoms with Crippen molar-refractivity contribution in [3.8, 4) is 0 Å². The van der Waals surface area contributed by atoms with Gasteiger partial charge in [-0.15, -0.1) is 11.3 Å². The minimum atomic E-state index is -0.183. The molecule has 0 spiro atoms. The van der Waals surface area contributed by atoms with Crippen LogP contribution in [0.3, 0.4) is 0 Å². The van der Waals surface area contributed by atoms with Crippen molar-refractivity contribution in [2.75, 3.05) is 12.3 Å². The van der Waals surface area contributed by atoms with Crippen LogP contribution in [0.15, 0.2) is 24.3 Å². The quantitative estimate of drug-likeness (QED) is 0.686. The van der Waals surface area contributed by atoms with Gasteiger partial charge in [-0.25, -0.2) is 4.79 Å². The molecule has 2 fully saturated rings. The fourth-order valence-corrected chi connectivity index (χ4v) is 4.93. The van der Waals surface area contributed by atoms with E-state index in [0.29, 0.717) is 17.4 Å². The van der Waals surface area contributed by atoms with Gasteiger partial charge in [-0.05, 0) is 66.7 Å². The van der Waals surface area contributed by atoms with Gasteiger partial charge < -0.3 is 10.5 Å². The summed E-state index contributed by atoms with van der Waals surface area (Å²) in [6.45, 7) is 0.594. The number of esters is 1. The third kappa shape index (κ3) is 2.42. The molecule has 0 radical (unpaired) electrons. The number of carbonyl (C=O) groups excluding carboxylic acids is 1. The van der Waals surface area contributed by atoms with Crippen molar-refractivity contribution in [2.45, 2.75) is 25.7 Å².